The van der Waals surface area contributed by atoms with Crippen LogP contribution in [0.5, 0.6) is 0 Å². The number of imidazole rings is 1. The van der Waals surface area contributed by atoms with Crippen LogP contribution in [0.2, 0.25) is 0 Å². The number of hydrogen-bond acceptors (Lipinski definition) is 2. The van der Waals surface area contributed by atoms with E-state index in [0.717, 1.165) is 11.0 Å². The van der Waals surface area contributed by atoms with E-state index in [4.69, 9.17) is 0 Å². The second-order valence-corrected chi connectivity index (χ2v) is 6.63. The van der Waals surface area contributed by atoms with E-state index < -0.39 is 0 Å². The van der Waals surface area contributed by atoms with Gasteiger partial charge in [0.1, 0.15) is 12.7 Å². The van der Waals surface area contributed by atoms with Crippen LogP contribution < -0.4 is 10.1 Å². The Hall–Kier alpha value is -3.73. The third kappa shape index (κ3) is 2.22. The molecule has 0 atom stereocenters. The van der Waals surface area contributed by atoms with Crippen LogP contribution in [0.3, 0.4) is 0 Å². The molecule has 3 aromatic heterocycles. The van der Waals surface area contributed by atoms with Gasteiger partial charge in [0, 0.05) is 28.5 Å². The summed E-state index contributed by atoms with van der Waals surface area (Å²) in [5.74, 6) is -0.115. The maximum absolute atomic E-state index is 13.4. The fraction of sp³-hybridized carbons (Fsp3) is 0.0455. The van der Waals surface area contributed by atoms with Crippen LogP contribution in [-0.4, -0.2) is 15.2 Å². The van der Waals surface area contributed by atoms with Gasteiger partial charge in [0.25, 0.3) is 5.56 Å². The molecule has 0 aliphatic rings. The third-order valence-corrected chi connectivity index (χ3v) is 4.96. The number of nitrogens with zero attached hydrogens (tertiary/aromatic N) is 2. The molecule has 130 valence electrons. The number of carbonyl (C=O) groups excluding carboxylic acids is 1. The van der Waals surface area contributed by atoms with Crippen molar-refractivity contribution in [1.29, 1.82) is 0 Å². The van der Waals surface area contributed by atoms with E-state index in [0.29, 0.717) is 27.5 Å². The zero-order chi connectivity index (χ0) is 18.5. The van der Waals surface area contributed by atoms with Gasteiger partial charge in [0.15, 0.2) is 18.2 Å². The van der Waals surface area contributed by atoms with Gasteiger partial charge < -0.3 is 4.98 Å². The molecule has 0 aliphatic carbocycles. The molecule has 0 unspecified atom stereocenters. The second-order valence-electron chi connectivity index (χ2n) is 6.63. The van der Waals surface area contributed by atoms with E-state index in [1.165, 1.54) is 0 Å². The number of H-pyrrole nitrogens is 1. The summed E-state index contributed by atoms with van der Waals surface area (Å²) in [4.78, 5) is 29.9. The van der Waals surface area contributed by atoms with E-state index in [2.05, 4.69) is 4.98 Å². The fourth-order valence-corrected chi connectivity index (χ4v) is 3.63. The maximum atomic E-state index is 13.4. The number of rotatable bonds is 2. The predicted molar refractivity (Wildman–Crippen MR) is 104 cm³/mol. The zero-order valence-electron chi connectivity index (χ0n) is 14.6. The smallest absolute Gasteiger partial charge is 0.264 e. The van der Waals surface area contributed by atoms with Crippen LogP contribution in [-0.2, 0) is 7.05 Å². The maximum Gasteiger partial charge on any atom is 0.264 e. The minimum Gasteiger partial charge on any atom is -0.339 e. The Bertz CT molecular complexity index is 1410. The Balaban J connectivity index is 1.97. The number of nitrogens with one attached hydrogen (secondary N) is 1. The number of aromatic amines is 1. The first-order valence-electron chi connectivity index (χ1n) is 8.69. The van der Waals surface area contributed by atoms with Gasteiger partial charge in [0.05, 0.1) is 16.6 Å². The summed E-state index contributed by atoms with van der Waals surface area (Å²) in [5.41, 5.74) is 3.06. The van der Waals surface area contributed by atoms with E-state index >= 15 is 0 Å². The first kappa shape index (κ1) is 15.5. The quantitative estimate of drug-likeness (QED) is 0.391. The molecule has 5 rings (SSSR count). The van der Waals surface area contributed by atoms with Crippen LogP contribution in [0.4, 0.5) is 0 Å². The molecule has 0 radical (unpaired) electrons. The number of ketones is 1. The normalized spacial score (nSPS) is 11.4. The molecule has 5 aromatic rings. The highest BCUT2D eigenvalue weighted by molar-refractivity contribution is 6.20. The van der Waals surface area contributed by atoms with E-state index in [1.807, 2.05) is 66.5 Å². The highest BCUT2D eigenvalue weighted by Gasteiger charge is 2.22. The Morgan fingerprint density at radius 2 is 1.59 bits per heavy atom. The minimum absolute atomic E-state index is 0.115. The van der Waals surface area contributed by atoms with Crippen molar-refractivity contribution in [3.05, 3.63) is 94.5 Å². The lowest BCUT2D eigenvalue weighted by molar-refractivity contribution is -0.671. The van der Waals surface area contributed by atoms with Crippen molar-refractivity contribution in [2.75, 3.05) is 0 Å². The van der Waals surface area contributed by atoms with Crippen LogP contribution >= 0.6 is 0 Å². The van der Waals surface area contributed by atoms with Gasteiger partial charge in [-0.1, -0.05) is 30.3 Å². The molecule has 3 heterocycles. The largest absolute Gasteiger partial charge is 0.339 e. The average molecular weight is 354 g/mol. The van der Waals surface area contributed by atoms with Gasteiger partial charge in [-0.15, -0.1) is 0 Å². The van der Waals surface area contributed by atoms with Gasteiger partial charge in [-0.2, -0.15) is 0 Å². The molecule has 0 amide bonds. The summed E-state index contributed by atoms with van der Waals surface area (Å²) in [6.45, 7) is 0. The molecule has 0 saturated carbocycles. The lowest BCUT2D eigenvalue weighted by atomic mass is 9.99. The first-order chi connectivity index (χ1) is 13.1. The predicted octanol–water partition coefficient (Wildman–Crippen LogP) is 2.99. The number of benzene rings is 2. The van der Waals surface area contributed by atoms with Crippen LogP contribution in [0.15, 0.2) is 77.9 Å². The van der Waals surface area contributed by atoms with Gasteiger partial charge in [0.2, 0.25) is 0 Å². The Morgan fingerprint density at radius 1 is 0.926 bits per heavy atom. The fourth-order valence-electron chi connectivity index (χ4n) is 3.63. The highest BCUT2D eigenvalue weighted by Crippen LogP contribution is 2.26. The molecular formula is C22H16N3O2+. The summed E-state index contributed by atoms with van der Waals surface area (Å²) in [7, 11) is 1.90. The Labute approximate surface area is 154 Å². The molecule has 27 heavy (non-hydrogen) atoms. The third-order valence-electron chi connectivity index (χ3n) is 4.96. The van der Waals surface area contributed by atoms with Crippen molar-refractivity contribution in [1.82, 2.24) is 9.38 Å². The van der Waals surface area contributed by atoms with E-state index in [1.54, 1.807) is 22.6 Å². The number of aromatic nitrogens is 3. The molecule has 0 saturated heterocycles. The zero-order valence-corrected chi connectivity index (χ0v) is 14.6. The van der Waals surface area contributed by atoms with Crippen LogP contribution in [0.25, 0.3) is 27.5 Å². The van der Waals surface area contributed by atoms with Crippen molar-refractivity contribution in [3.8, 4) is 0 Å². The molecule has 0 bridgehead atoms. The average Bonchev–Trinajstić information content (AvgIpc) is 3.08. The summed E-state index contributed by atoms with van der Waals surface area (Å²) in [6.07, 6.45) is 3.68. The number of aryl methyl sites for hydroxylation is 1. The molecule has 2 aromatic carbocycles. The molecule has 5 heteroatoms. The van der Waals surface area contributed by atoms with E-state index in [9.17, 15) is 9.59 Å². The van der Waals surface area contributed by atoms with Gasteiger partial charge >= 0.3 is 0 Å². The van der Waals surface area contributed by atoms with Gasteiger partial charge in [-0.25, -0.2) is 4.57 Å². The molecule has 0 fully saturated rings. The summed E-state index contributed by atoms with van der Waals surface area (Å²) in [5, 5.41) is 1.19. The Morgan fingerprint density at radius 3 is 2.37 bits per heavy atom. The number of para-hydroxylation sites is 2. The monoisotopic (exact) mass is 354 g/mol. The Kier molecular flexibility index (Phi) is 3.24. The summed E-state index contributed by atoms with van der Waals surface area (Å²) in [6, 6.07) is 18.4. The van der Waals surface area contributed by atoms with Crippen LogP contribution in [0, 0.1) is 0 Å². The van der Waals surface area contributed by atoms with Crippen molar-refractivity contribution in [2.45, 2.75) is 0 Å². The van der Waals surface area contributed by atoms with Crippen molar-refractivity contribution >= 4 is 33.2 Å². The number of carbonyl (C=O) groups is 1. The van der Waals surface area contributed by atoms with E-state index in [-0.39, 0.29) is 11.3 Å². The SMILES string of the molecule is C[n+]1ccc(C(=O)c2c3ccccc3c(=O)n3c2[nH]c2ccccc23)cc1. The van der Waals surface area contributed by atoms with Crippen LogP contribution in [0.1, 0.15) is 15.9 Å². The van der Waals surface area contributed by atoms with Crippen molar-refractivity contribution < 1.29 is 9.36 Å². The topological polar surface area (TPSA) is 58.2 Å². The lowest BCUT2D eigenvalue weighted by Crippen LogP contribution is -2.26. The number of fused-ring (bicyclic) bond motifs is 4. The minimum atomic E-state index is -0.130. The van der Waals surface area contributed by atoms with Crippen molar-refractivity contribution in [2.24, 2.45) is 7.05 Å². The molecule has 5 nitrogen and oxygen atoms in total. The summed E-state index contributed by atoms with van der Waals surface area (Å²) >= 11 is 0. The number of hydrogen-bond donors (Lipinski definition) is 1. The highest BCUT2D eigenvalue weighted by atomic mass is 16.1. The summed E-state index contributed by atoms with van der Waals surface area (Å²) < 4.78 is 3.48. The lowest BCUT2D eigenvalue weighted by Gasteiger charge is -2.08. The molecule has 0 aliphatic heterocycles. The number of pyridine rings is 2. The van der Waals surface area contributed by atoms with Gasteiger partial charge in [-0.05, 0) is 18.2 Å². The van der Waals surface area contributed by atoms with Crippen molar-refractivity contribution in [3.63, 3.8) is 0 Å². The molecule has 1 N–H and O–H groups in total. The van der Waals surface area contributed by atoms with Gasteiger partial charge in [-0.3, -0.25) is 14.0 Å². The first-order valence-corrected chi connectivity index (χ1v) is 8.69. The molecular weight excluding hydrogens is 338 g/mol. The second kappa shape index (κ2) is 5.64. The standard InChI is InChI=1S/C22H15N3O2/c1-24-12-10-14(11-13-24)20(26)19-15-6-2-3-7-16(15)22(27)25-18-9-5-4-8-17(18)23-21(19)25/h2-13H,1H3/p+1. The molecule has 0 spiro atoms.